The van der Waals surface area contributed by atoms with Gasteiger partial charge in [0.1, 0.15) is 0 Å². The lowest BCUT2D eigenvalue weighted by molar-refractivity contribution is -0.159. The predicted molar refractivity (Wildman–Crippen MR) is 31.4 cm³/mol. The average molecular weight is 151 g/mol. The molecule has 0 spiro atoms. The molecule has 0 aliphatic rings. The fraction of sp³-hybridized carbons (Fsp3) is 0.500. The molecule has 0 heterocycles. The number of hydrogen-bond donors (Lipinski definition) is 4. The van der Waals surface area contributed by atoms with Crippen molar-refractivity contribution >= 4 is 11.9 Å². The molecule has 0 rings (SSSR count). The van der Waals surface area contributed by atoms with Crippen LogP contribution in [0.1, 0.15) is 0 Å². The fourth-order valence-corrected chi connectivity index (χ4v) is 0. The Bertz CT molecular complexity index is 98.2. The molecule has 6 heteroatoms. The van der Waals surface area contributed by atoms with Gasteiger partial charge in [-0.2, -0.15) is 0 Å². The van der Waals surface area contributed by atoms with Crippen molar-refractivity contribution in [2.24, 2.45) is 5.73 Å². The molecule has 0 atom stereocenters. The first-order valence-electron chi connectivity index (χ1n) is 2.33. The zero-order chi connectivity index (χ0) is 8.57. The molecule has 0 saturated carbocycles. The highest BCUT2D eigenvalue weighted by Crippen LogP contribution is 1.56. The average Bonchev–Trinajstić information content (AvgIpc) is 1.89. The van der Waals surface area contributed by atoms with Crippen LogP contribution in [0.15, 0.2) is 0 Å². The first-order valence-corrected chi connectivity index (χ1v) is 2.33. The number of carboxylic acids is 2. The Morgan fingerprint density at radius 2 is 1.40 bits per heavy atom. The molecule has 0 aromatic heterocycles. The third-order valence-electron chi connectivity index (χ3n) is 0.312. The second-order valence-electron chi connectivity index (χ2n) is 1.12. The van der Waals surface area contributed by atoms with E-state index in [0.29, 0.717) is 6.54 Å². The highest BCUT2D eigenvalue weighted by atomic mass is 16.4. The molecule has 5 N–H and O–H groups in total. The van der Waals surface area contributed by atoms with Crippen LogP contribution in [0.5, 0.6) is 0 Å². The van der Waals surface area contributed by atoms with Crippen LogP contribution in [0.25, 0.3) is 0 Å². The summed E-state index contributed by atoms with van der Waals surface area (Å²) in [5.41, 5.74) is 4.78. The maximum Gasteiger partial charge on any atom is 0.414 e. The van der Waals surface area contributed by atoms with E-state index < -0.39 is 11.9 Å². The van der Waals surface area contributed by atoms with Crippen molar-refractivity contribution in [3.63, 3.8) is 0 Å². The number of carboxylic acid groups (broad SMARTS) is 2. The second kappa shape index (κ2) is 7.86. The lowest BCUT2D eigenvalue weighted by Gasteiger charge is -1.72. The van der Waals surface area contributed by atoms with Crippen molar-refractivity contribution in [2.75, 3.05) is 13.2 Å². The third kappa shape index (κ3) is 15.8. The summed E-state index contributed by atoms with van der Waals surface area (Å²) < 4.78 is 0. The van der Waals surface area contributed by atoms with Crippen LogP contribution in [-0.4, -0.2) is 40.4 Å². The number of aliphatic hydroxyl groups is 1. The van der Waals surface area contributed by atoms with Gasteiger partial charge >= 0.3 is 11.9 Å². The molecule has 0 saturated heterocycles. The van der Waals surface area contributed by atoms with E-state index in [2.05, 4.69) is 0 Å². The van der Waals surface area contributed by atoms with Crippen LogP contribution in [0.3, 0.4) is 0 Å². The van der Waals surface area contributed by atoms with E-state index in [4.69, 9.17) is 30.6 Å². The number of aliphatic carboxylic acids is 2. The van der Waals surface area contributed by atoms with Gasteiger partial charge in [-0.25, -0.2) is 9.59 Å². The molecule has 0 aliphatic heterocycles. The van der Waals surface area contributed by atoms with Gasteiger partial charge in [0, 0.05) is 6.54 Å². The molecule has 0 aromatic rings. The number of nitrogens with two attached hydrogens (primary N) is 1. The van der Waals surface area contributed by atoms with E-state index in [1.165, 1.54) is 0 Å². The molecule has 6 nitrogen and oxygen atoms in total. The van der Waals surface area contributed by atoms with Crippen LogP contribution in [0.2, 0.25) is 0 Å². The molecular weight excluding hydrogens is 142 g/mol. The lowest BCUT2D eigenvalue weighted by Crippen LogP contribution is -2.09. The molecule has 0 bridgehead atoms. The summed E-state index contributed by atoms with van der Waals surface area (Å²) in [6.07, 6.45) is 0. The van der Waals surface area contributed by atoms with Crippen LogP contribution in [-0.2, 0) is 9.59 Å². The van der Waals surface area contributed by atoms with Gasteiger partial charge in [0.15, 0.2) is 0 Å². The van der Waals surface area contributed by atoms with Gasteiger partial charge in [0.25, 0.3) is 0 Å². The van der Waals surface area contributed by atoms with E-state index in [9.17, 15) is 0 Å². The molecular formula is C4H9NO5. The smallest absolute Gasteiger partial charge is 0.414 e. The molecule has 0 fully saturated rings. The van der Waals surface area contributed by atoms with E-state index >= 15 is 0 Å². The summed E-state index contributed by atoms with van der Waals surface area (Å²) in [6, 6.07) is 0. The standard InChI is InChI=1S/C2H7NO.C2H2O4/c3-1-2-4;3-1(4)2(5)6/h4H,1-3H2;(H,3,4)(H,5,6). The van der Waals surface area contributed by atoms with Crippen molar-refractivity contribution in [1.29, 1.82) is 0 Å². The van der Waals surface area contributed by atoms with Gasteiger partial charge in [-0.15, -0.1) is 0 Å². The van der Waals surface area contributed by atoms with Gasteiger partial charge in [0.05, 0.1) is 6.61 Å². The van der Waals surface area contributed by atoms with Crippen molar-refractivity contribution in [1.82, 2.24) is 0 Å². The Labute approximate surface area is 56.9 Å². The largest absolute Gasteiger partial charge is 0.473 e. The molecule has 0 unspecified atom stereocenters. The molecule has 0 aliphatic carbocycles. The van der Waals surface area contributed by atoms with Crippen molar-refractivity contribution < 1.29 is 24.9 Å². The zero-order valence-corrected chi connectivity index (χ0v) is 5.15. The van der Waals surface area contributed by atoms with E-state index in [1.807, 2.05) is 0 Å². The number of carbonyl (C=O) groups is 2. The Balaban J connectivity index is 0. The molecule has 60 valence electrons. The molecule has 0 amide bonds. The predicted octanol–water partition coefficient (Wildman–Crippen LogP) is -1.91. The maximum atomic E-state index is 9.10. The summed E-state index contributed by atoms with van der Waals surface area (Å²) in [4.78, 5) is 18.2. The maximum absolute atomic E-state index is 9.10. The number of aliphatic hydroxyl groups excluding tert-OH is 1. The third-order valence-corrected chi connectivity index (χ3v) is 0.312. The summed E-state index contributed by atoms with van der Waals surface area (Å²) >= 11 is 0. The van der Waals surface area contributed by atoms with Gasteiger partial charge < -0.3 is 21.1 Å². The van der Waals surface area contributed by atoms with Crippen molar-refractivity contribution in [3.05, 3.63) is 0 Å². The Kier molecular flexibility index (Phi) is 9.14. The fourth-order valence-electron chi connectivity index (χ4n) is 0. The summed E-state index contributed by atoms with van der Waals surface area (Å²) in [5, 5.41) is 22.5. The minimum atomic E-state index is -1.82. The van der Waals surface area contributed by atoms with Gasteiger partial charge in [0.2, 0.25) is 0 Å². The van der Waals surface area contributed by atoms with E-state index in [0.717, 1.165) is 0 Å². The number of rotatable bonds is 1. The minimum Gasteiger partial charge on any atom is -0.473 e. The van der Waals surface area contributed by atoms with Crippen LogP contribution in [0.4, 0.5) is 0 Å². The Hall–Kier alpha value is -1.14. The first-order chi connectivity index (χ1) is 4.56. The summed E-state index contributed by atoms with van der Waals surface area (Å²) in [5.74, 6) is -3.65. The number of hydrogen-bond acceptors (Lipinski definition) is 4. The lowest BCUT2D eigenvalue weighted by atomic mass is 10.7. The van der Waals surface area contributed by atoms with Crippen LogP contribution < -0.4 is 5.73 Å². The van der Waals surface area contributed by atoms with E-state index in [-0.39, 0.29) is 6.61 Å². The first kappa shape index (κ1) is 11.6. The monoisotopic (exact) mass is 151 g/mol. The quantitative estimate of drug-likeness (QED) is 0.324. The van der Waals surface area contributed by atoms with E-state index in [1.54, 1.807) is 0 Å². The highest BCUT2D eigenvalue weighted by Gasteiger charge is 2.04. The topological polar surface area (TPSA) is 121 Å². The van der Waals surface area contributed by atoms with Gasteiger partial charge in [-0.3, -0.25) is 0 Å². The zero-order valence-electron chi connectivity index (χ0n) is 5.15. The Morgan fingerprint density at radius 1 is 1.20 bits per heavy atom. The van der Waals surface area contributed by atoms with Gasteiger partial charge in [-0.1, -0.05) is 0 Å². The molecule has 0 radical (unpaired) electrons. The molecule has 0 aromatic carbocycles. The van der Waals surface area contributed by atoms with Crippen LogP contribution in [0, 0.1) is 0 Å². The normalized spacial score (nSPS) is 7.40. The Morgan fingerprint density at radius 3 is 1.40 bits per heavy atom. The van der Waals surface area contributed by atoms with Crippen LogP contribution >= 0.6 is 0 Å². The van der Waals surface area contributed by atoms with Crippen molar-refractivity contribution in [3.8, 4) is 0 Å². The SMILES string of the molecule is NCCO.O=C(O)C(=O)O. The summed E-state index contributed by atoms with van der Waals surface area (Å²) in [6.45, 7) is 0.472. The summed E-state index contributed by atoms with van der Waals surface area (Å²) in [7, 11) is 0. The highest BCUT2D eigenvalue weighted by molar-refractivity contribution is 6.27. The molecule has 10 heavy (non-hydrogen) atoms. The second-order valence-corrected chi connectivity index (χ2v) is 1.12. The minimum absolute atomic E-state index is 0.0972. The van der Waals surface area contributed by atoms with Gasteiger partial charge in [-0.05, 0) is 0 Å². The van der Waals surface area contributed by atoms with Crippen molar-refractivity contribution in [2.45, 2.75) is 0 Å².